The highest BCUT2D eigenvalue weighted by Gasteiger charge is 2.17. The first-order chi connectivity index (χ1) is 11.9. The Morgan fingerprint density at radius 1 is 1.08 bits per heavy atom. The Labute approximate surface area is 147 Å². The van der Waals surface area contributed by atoms with Crippen molar-refractivity contribution >= 4 is 29.1 Å². The summed E-state index contributed by atoms with van der Waals surface area (Å²) in [5.41, 5.74) is 1.03. The van der Waals surface area contributed by atoms with E-state index in [9.17, 15) is 14.4 Å². The van der Waals surface area contributed by atoms with E-state index >= 15 is 0 Å². The van der Waals surface area contributed by atoms with Crippen LogP contribution >= 0.6 is 0 Å². The van der Waals surface area contributed by atoms with Crippen LogP contribution < -0.4 is 25.6 Å². The molecule has 1 atom stereocenters. The third-order valence-electron chi connectivity index (χ3n) is 3.49. The maximum Gasteiger partial charge on any atom is 0.279 e. The fourth-order valence-corrected chi connectivity index (χ4v) is 2.31. The van der Waals surface area contributed by atoms with Crippen molar-refractivity contribution in [1.29, 1.82) is 0 Å². The van der Waals surface area contributed by atoms with E-state index in [0.717, 1.165) is 4.90 Å². The first-order valence-corrected chi connectivity index (χ1v) is 8.25. The summed E-state index contributed by atoms with van der Waals surface area (Å²) in [5, 5.41) is 8.16. The SMILES string of the molecule is CCNC(=O)C[NH+](CC)CC(=O)Nc1cc(NC(C)=O)ccc1OC. The number of nitrogens with one attached hydrogen (secondary N) is 4. The van der Waals surface area contributed by atoms with E-state index in [0.29, 0.717) is 30.2 Å². The molecule has 25 heavy (non-hydrogen) atoms. The minimum absolute atomic E-state index is 0.0858. The number of hydrogen-bond donors (Lipinski definition) is 4. The van der Waals surface area contributed by atoms with E-state index in [1.807, 2.05) is 13.8 Å². The fourth-order valence-electron chi connectivity index (χ4n) is 2.31. The van der Waals surface area contributed by atoms with Crippen molar-refractivity contribution < 1.29 is 24.0 Å². The zero-order chi connectivity index (χ0) is 18.8. The summed E-state index contributed by atoms with van der Waals surface area (Å²) in [4.78, 5) is 36.0. The fraction of sp³-hybridized carbons (Fsp3) is 0.471. The van der Waals surface area contributed by atoms with Gasteiger partial charge in [-0.3, -0.25) is 14.4 Å². The highest BCUT2D eigenvalue weighted by molar-refractivity contribution is 5.95. The molecular formula is C17H27N4O4+. The largest absolute Gasteiger partial charge is 0.495 e. The van der Waals surface area contributed by atoms with Crippen molar-refractivity contribution in [2.45, 2.75) is 20.8 Å². The second-order valence-corrected chi connectivity index (χ2v) is 5.56. The maximum absolute atomic E-state index is 12.3. The zero-order valence-electron chi connectivity index (χ0n) is 15.2. The van der Waals surface area contributed by atoms with Crippen molar-refractivity contribution in [3.05, 3.63) is 18.2 Å². The number of carbonyl (C=O) groups is 3. The van der Waals surface area contributed by atoms with Gasteiger partial charge in [-0.15, -0.1) is 0 Å². The number of likely N-dealkylation sites (N-methyl/N-ethyl adjacent to an activating group) is 2. The monoisotopic (exact) mass is 351 g/mol. The van der Waals surface area contributed by atoms with Crippen LogP contribution in [-0.4, -0.2) is 51.0 Å². The van der Waals surface area contributed by atoms with Crippen molar-refractivity contribution in [3.8, 4) is 5.75 Å². The third-order valence-corrected chi connectivity index (χ3v) is 3.49. The Bertz CT molecular complexity index is 619. The van der Waals surface area contributed by atoms with Gasteiger partial charge in [-0.2, -0.15) is 0 Å². The maximum atomic E-state index is 12.3. The minimum Gasteiger partial charge on any atom is -0.495 e. The minimum atomic E-state index is -0.237. The summed E-state index contributed by atoms with van der Waals surface area (Å²) in [6.45, 7) is 6.78. The predicted molar refractivity (Wildman–Crippen MR) is 95.8 cm³/mol. The zero-order valence-corrected chi connectivity index (χ0v) is 15.2. The van der Waals surface area contributed by atoms with Crippen molar-refractivity contribution in [2.24, 2.45) is 0 Å². The molecule has 0 spiro atoms. The topological polar surface area (TPSA) is 101 Å². The molecule has 8 heteroatoms. The summed E-state index contributed by atoms with van der Waals surface area (Å²) < 4.78 is 5.24. The molecule has 1 unspecified atom stereocenters. The number of amides is 3. The second-order valence-electron chi connectivity index (χ2n) is 5.56. The molecule has 4 N–H and O–H groups in total. The van der Waals surface area contributed by atoms with Gasteiger partial charge in [-0.25, -0.2) is 0 Å². The first-order valence-electron chi connectivity index (χ1n) is 8.25. The normalized spacial score (nSPS) is 11.4. The molecule has 3 amide bonds. The van der Waals surface area contributed by atoms with Crippen molar-refractivity contribution in [3.63, 3.8) is 0 Å². The molecule has 0 aromatic heterocycles. The van der Waals surface area contributed by atoms with Crippen molar-refractivity contribution in [2.75, 3.05) is 43.9 Å². The highest BCUT2D eigenvalue weighted by Crippen LogP contribution is 2.27. The third kappa shape index (κ3) is 7.21. The van der Waals surface area contributed by atoms with Crippen LogP contribution in [0, 0.1) is 0 Å². The number of carbonyl (C=O) groups excluding carboxylic acids is 3. The molecule has 0 aliphatic carbocycles. The molecule has 0 aliphatic heterocycles. The lowest BCUT2D eigenvalue weighted by Crippen LogP contribution is -3.14. The molecule has 0 radical (unpaired) electrons. The number of methoxy groups -OCH3 is 1. The van der Waals surface area contributed by atoms with Gasteiger partial charge < -0.3 is 25.6 Å². The van der Waals surface area contributed by atoms with Crippen molar-refractivity contribution in [1.82, 2.24) is 5.32 Å². The van der Waals surface area contributed by atoms with Crippen LogP contribution in [0.3, 0.4) is 0 Å². The molecule has 0 saturated carbocycles. The lowest BCUT2D eigenvalue weighted by molar-refractivity contribution is -0.881. The summed E-state index contributed by atoms with van der Waals surface area (Å²) >= 11 is 0. The molecule has 0 aliphatic rings. The van der Waals surface area contributed by atoms with Gasteiger partial charge in [0.15, 0.2) is 13.1 Å². The van der Waals surface area contributed by atoms with Crippen LogP contribution in [-0.2, 0) is 14.4 Å². The predicted octanol–water partition coefficient (Wildman–Crippen LogP) is -0.367. The molecule has 0 fully saturated rings. The number of ether oxygens (including phenoxy) is 1. The summed E-state index contributed by atoms with van der Waals surface area (Å²) in [5.74, 6) is -0.0352. The van der Waals surface area contributed by atoms with Gasteiger partial charge in [-0.05, 0) is 32.0 Å². The van der Waals surface area contributed by atoms with Crippen LogP contribution in [0.1, 0.15) is 20.8 Å². The molecule has 0 bridgehead atoms. The van der Waals surface area contributed by atoms with Gasteiger partial charge in [0.25, 0.3) is 11.8 Å². The van der Waals surface area contributed by atoms with E-state index in [1.54, 1.807) is 18.2 Å². The molecule has 0 saturated heterocycles. The number of benzene rings is 1. The Morgan fingerprint density at radius 2 is 1.76 bits per heavy atom. The molecule has 8 nitrogen and oxygen atoms in total. The van der Waals surface area contributed by atoms with Gasteiger partial charge in [0.2, 0.25) is 5.91 Å². The van der Waals surface area contributed by atoms with E-state index < -0.39 is 0 Å². The summed E-state index contributed by atoms with van der Waals surface area (Å²) in [7, 11) is 1.50. The van der Waals surface area contributed by atoms with Gasteiger partial charge >= 0.3 is 0 Å². The Balaban J connectivity index is 2.76. The number of anilines is 2. The Kier molecular flexibility index (Phi) is 8.42. The molecule has 138 valence electrons. The first kappa shape index (κ1) is 20.4. The van der Waals surface area contributed by atoms with E-state index in [-0.39, 0.29) is 30.8 Å². The Morgan fingerprint density at radius 3 is 2.32 bits per heavy atom. The smallest absolute Gasteiger partial charge is 0.279 e. The molecule has 1 aromatic rings. The number of hydrogen-bond acceptors (Lipinski definition) is 4. The molecule has 1 aromatic carbocycles. The van der Waals surface area contributed by atoms with Gasteiger partial charge in [-0.1, -0.05) is 0 Å². The van der Waals surface area contributed by atoms with Crippen LogP contribution in [0.15, 0.2) is 18.2 Å². The van der Waals surface area contributed by atoms with Crippen LogP contribution in [0.4, 0.5) is 11.4 Å². The lowest BCUT2D eigenvalue weighted by atomic mass is 10.2. The quantitative estimate of drug-likeness (QED) is 0.488. The van der Waals surface area contributed by atoms with Crippen LogP contribution in [0.5, 0.6) is 5.75 Å². The second kappa shape index (κ2) is 10.3. The Hall–Kier alpha value is -2.61. The van der Waals surface area contributed by atoms with Gasteiger partial charge in [0.05, 0.1) is 19.3 Å². The van der Waals surface area contributed by atoms with Gasteiger partial charge in [0, 0.05) is 19.2 Å². The number of rotatable bonds is 9. The van der Waals surface area contributed by atoms with E-state index in [2.05, 4.69) is 16.0 Å². The molecular weight excluding hydrogens is 324 g/mol. The average molecular weight is 351 g/mol. The van der Waals surface area contributed by atoms with Crippen LogP contribution in [0.25, 0.3) is 0 Å². The van der Waals surface area contributed by atoms with E-state index in [1.165, 1.54) is 14.0 Å². The average Bonchev–Trinajstić information content (AvgIpc) is 2.54. The summed E-state index contributed by atoms with van der Waals surface area (Å²) in [6.07, 6.45) is 0. The summed E-state index contributed by atoms with van der Waals surface area (Å²) in [6, 6.07) is 4.99. The number of quaternary nitrogens is 1. The van der Waals surface area contributed by atoms with Crippen LogP contribution in [0.2, 0.25) is 0 Å². The van der Waals surface area contributed by atoms with Gasteiger partial charge in [0.1, 0.15) is 5.75 Å². The lowest BCUT2D eigenvalue weighted by Gasteiger charge is -2.17. The highest BCUT2D eigenvalue weighted by atomic mass is 16.5. The molecule has 0 heterocycles. The standard InChI is InChI=1S/C17H26N4O4/c1-5-18-16(23)10-21(6-2)11-17(24)20-14-9-13(19-12(3)22)7-8-15(14)25-4/h7-9H,5-6,10-11H2,1-4H3,(H,18,23)(H,19,22)(H,20,24)/p+1. The van der Waals surface area contributed by atoms with E-state index in [4.69, 9.17) is 4.74 Å². The molecule has 1 rings (SSSR count).